The molecule has 0 aromatic heterocycles. The van der Waals surface area contributed by atoms with Crippen LogP contribution in [0.4, 0.5) is 0 Å². The second kappa shape index (κ2) is 12.4. The number of rotatable bonds is 8. The molecule has 43 heavy (non-hydrogen) atoms. The van der Waals surface area contributed by atoms with Gasteiger partial charge in [0.05, 0.1) is 34.2 Å². The maximum atomic E-state index is 10.9. The molecule has 6 rings (SSSR count). The number of methoxy groups -OCH3 is 4. The van der Waals surface area contributed by atoms with Crippen LogP contribution in [-0.2, 0) is 0 Å². The van der Waals surface area contributed by atoms with Crippen LogP contribution in [0.2, 0.25) is 0 Å². The fraction of sp³-hybridized carbons (Fsp3) is 0.286. The molecule has 2 aliphatic heterocycles. The number of piperidine rings is 2. The minimum absolute atomic E-state index is 0.219. The number of nitrogens with zero attached hydrogens (tertiary/aromatic N) is 1. The molecule has 2 fully saturated rings. The lowest BCUT2D eigenvalue weighted by Crippen LogP contribution is -2.60. The number of fused-ring (bicyclic) bond motifs is 2. The third kappa shape index (κ3) is 5.40. The van der Waals surface area contributed by atoms with Crippen LogP contribution in [0.5, 0.6) is 23.0 Å². The van der Waals surface area contributed by atoms with E-state index in [4.69, 9.17) is 18.9 Å². The van der Waals surface area contributed by atoms with Crippen LogP contribution in [0.15, 0.2) is 102 Å². The van der Waals surface area contributed by atoms with Gasteiger partial charge in [-0.3, -0.25) is 0 Å². The van der Waals surface area contributed by atoms with Gasteiger partial charge in [-0.25, -0.2) is 0 Å². The molecule has 2 saturated heterocycles. The highest BCUT2D eigenvalue weighted by molar-refractivity contribution is 5.93. The molecule has 2 aliphatic rings. The Kier molecular flexibility index (Phi) is 8.22. The van der Waals surface area contributed by atoms with Crippen LogP contribution < -0.4 is 29.6 Å². The molecule has 4 atom stereocenters. The standard InChI is InChI=1S/C35H37N3O5/c1-40-25-13-5-9-21(17-25)31-29-32(22-10-6-14-26(18-22)41-2)37-34(24-12-8-16-28(20-24)43-4)30(35(29)38-39)33(36-31)23-11-7-15-27(19-23)42-3/h5-20,29-34,36-37,39H,1-4H3. The minimum Gasteiger partial charge on any atom is -0.497 e. The Balaban J connectivity index is 1.57. The van der Waals surface area contributed by atoms with E-state index >= 15 is 0 Å². The zero-order chi connectivity index (χ0) is 29.9. The van der Waals surface area contributed by atoms with Gasteiger partial charge in [0.15, 0.2) is 0 Å². The quantitative estimate of drug-likeness (QED) is 0.168. The van der Waals surface area contributed by atoms with Crippen molar-refractivity contribution in [2.24, 2.45) is 17.0 Å². The predicted molar refractivity (Wildman–Crippen MR) is 165 cm³/mol. The van der Waals surface area contributed by atoms with Gasteiger partial charge < -0.3 is 34.8 Å². The number of hydrogen-bond donors (Lipinski definition) is 3. The minimum atomic E-state index is -0.238. The Morgan fingerprint density at radius 2 is 0.767 bits per heavy atom. The first-order valence-electron chi connectivity index (χ1n) is 14.4. The maximum Gasteiger partial charge on any atom is 0.119 e. The van der Waals surface area contributed by atoms with E-state index in [-0.39, 0.29) is 36.0 Å². The second-order valence-corrected chi connectivity index (χ2v) is 10.9. The summed E-state index contributed by atoms with van der Waals surface area (Å²) in [4.78, 5) is 0. The first-order chi connectivity index (χ1) is 21.1. The van der Waals surface area contributed by atoms with Crippen LogP contribution in [0.3, 0.4) is 0 Å². The van der Waals surface area contributed by atoms with E-state index < -0.39 is 0 Å². The molecule has 4 aromatic rings. The lowest BCUT2D eigenvalue weighted by atomic mass is 9.63. The van der Waals surface area contributed by atoms with Crippen molar-refractivity contribution in [3.8, 4) is 23.0 Å². The Morgan fingerprint density at radius 1 is 0.488 bits per heavy atom. The van der Waals surface area contributed by atoms with Gasteiger partial charge in [-0.15, -0.1) is 0 Å². The number of benzene rings is 4. The van der Waals surface area contributed by atoms with Gasteiger partial charge in [0, 0.05) is 36.0 Å². The molecule has 8 nitrogen and oxygen atoms in total. The largest absolute Gasteiger partial charge is 0.497 e. The van der Waals surface area contributed by atoms with Crippen LogP contribution in [0.1, 0.15) is 46.4 Å². The Bertz CT molecular complexity index is 1390. The summed E-state index contributed by atoms with van der Waals surface area (Å²) in [7, 11) is 6.68. The average molecular weight is 580 g/mol. The van der Waals surface area contributed by atoms with Gasteiger partial charge in [-0.2, -0.15) is 0 Å². The highest BCUT2D eigenvalue weighted by Gasteiger charge is 2.54. The highest BCUT2D eigenvalue weighted by Crippen LogP contribution is 2.53. The van der Waals surface area contributed by atoms with Crippen molar-refractivity contribution in [1.29, 1.82) is 0 Å². The van der Waals surface area contributed by atoms with Gasteiger partial charge in [0.25, 0.3) is 0 Å². The summed E-state index contributed by atoms with van der Waals surface area (Å²) in [6, 6.07) is 31.4. The summed E-state index contributed by atoms with van der Waals surface area (Å²) >= 11 is 0. The summed E-state index contributed by atoms with van der Waals surface area (Å²) in [6.07, 6.45) is 0. The lowest BCUT2D eigenvalue weighted by molar-refractivity contribution is 0.149. The number of oxime groups is 1. The summed E-state index contributed by atoms with van der Waals surface area (Å²) in [6.45, 7) is 0. The SMILES string of the molecule is COc1cccc(C2NC(c3cccc(OC)c3)C3C(=NO)C2C(c2cccc(OC)c2)NC3c2cccc(OC)c2)c1. The molecule has 4 unspecified atom stereocenters. The van der Waals surface area contributed by atoms with Crippen molar-refractivity contribution in [2.45, 2.75) is 24.2 Å². The molecule has 0 aliphatic carbocycles. The van der Waals surface area contributed by atoms with Gasteiger partial charge in [-0.05, 0) is 70.8 Å². The van der Waals surface area contributed by atoms with E-state index in [1.54, 1.807) is 28.4 Å². The average Bonchev–Trinajstić information content (AvgIpc) is 3.08. The van der Waals surface area contributed by atoms with Crippen LogP contribution in [0, 0.1) is 11.8 Å². The van der Waals surface area contributed by atoms with Crippen LogP contribution in [0.25, 0.3) is 0 Å². The summed E-state index contributed by atoms with van der Waals surface area (Å²) in [5.74, 6) is 2.57. The number of hydrogen-bond acceptors (Lipinski definition) is 8. The first kappa shape index (κ1) is 28.6. The highest BCUT2D eigenvalue weighted by atomic mass is 16.5. The van der Waals surface area contributed by atoms with Crippen LogP contribution >= 0.6 is 0 Å². The summed E-state index contributed by atoms with van der Waals surface area (Å²) < 4.78 is 22.5. The van der Waals surface area contributed by atoms with Crippen molar-refractivity contribution in [1.82, 2.24) is 10.6 Å². The fourth-order valence-corrected chi connectivity index (χ4v) is 6.78. The molecule has 0 spiro atoms. The van der Waals surface area contributed by atoms with Crippen LogP contribution in [-0.4, -0.2) is 39.4 Å². The van der Waals surface area contributed by atoms with E-state index in [2.05, 4.69) is 40.1 Å². The number of ether oxygens (including phenoxy) is 4. The fourth-order valence-electron chi connectivity index (χ4n) is 6.78. The topological polar surface area (TPSA) is 93.6 Å². The van der Waals surface area contributed by atoms with Crippen molar-refractivity contribution in [3.63, 3.8) is 0 Å². The van der Waals surface area contributed by atoms with Crippen molar-refractivity contribution >= 4 is 5.71 Å². The van der Waals surface area contributed by atoms with Crippen molar-refractivity contribution < 1.29 is 24.2 Å². The molecule has 8 heteroatoms. The van der Waals surface area contributed by atoms with Gasteiger partial charge in [0.1, 0.15) is 23.0 Å². The first-order valence-corrected chi connectivity index (χ1v) is 14.4. The normalized spacial score (nSPS) is 24.6. The smallest absolute Gasteiger partial charge is 0.119 e. The number of nitrogens with one attached hydrogen (secondary N) is 2. The van der Waals surface area contributed by atoms with Crippen molar-refractivity contribution in [2.75, 3.05) is 28.4 Å². The summed E-state index contributed by atoms with van der Waals surface area (Å²) in [5.41, 5.74) is 4.86. The molecular weight excluding hydrogens is 542 g/mol. The second-order valence-electron chi connectivity index (χ2n) is 10.9. The van der Waals surface area contributed by atoms with Gasteiger partial charge in [0.2, 0.25) is 0 Å². The zero-order valence-corrected chi connectivity index (χ0v) is 24.7. The molecule has 3 N–H and O–H groups in total. The third-order valence-corrected chi connectivity index (χ3v) is 8.76. The van der Waals surface area contributed by atoms with E-state index in [0.29, 0.717) is 0 Å². The van der Waals surface area contributed by atoms with Crippen molar-refractivity contribution in [3.05, 3.63) is 119 Å². The molecule has 4 aromatic carbocycles. The van der Waals surface area contributed by atoms with Gasteiger partial charge in [-0.1, -0.05) is 53.7 Å². The summed E-state index contributed by atoms with van der Waals surface area (Å²) in [5, 5.41) is 23.0. The third-order valence-electron chi connectivity index (χ3n) is 8.76. The lowest BCUT2D eigenvalue weighted by Gasteiger charge is -2.54. The Labute approximate surface area is 252 Å². The molecule has 2 bridgehead atoms. The maximum absolute atomic E-state index is 10.9. The predicted octanol–water partition coefficient (Wildman–Crippen LogP) is 6.26. The molecule has 0 radical (unpaired) electrons. The molecule has 0 saturated carbocycles. The monoisotopic (exact) mass is 579 g/mol. The van der Waals surface area contributed by atoms with E-state index in [0.717, 1.165) is 51.0 Å². The van der Waals surface area contributed by atoms with E-state index in [1.807, 2.05) is 72.8 Å². The Hall–Kier alpha value is -4.53. The van der Waals surface area contributed by atoms with E-state index in [1.165, 1.54) is 0 Å². The Morgan fingerprint density at radius 3 is 1.00 bits per heavy atom. The molecule has 2 heterocycles. The van der Waals surface area contributed by atoms with Gasteiger partial charge >= 0.3 is 0 Å². The van der Waals surface area contributed by atoms with E-state index in [9.17, 15) is 5.21 Å². The zero-order valence-electron chi connectivity index (χ0n) is 24.7. The molecular formula is C35H37N3O5. The molecule has 0 amide bonds. The molecule has 222 valence electrons.